The summed E-state index contributed by atoms with van der Waals surface area (Å²) >= 11 is 1.63. The fourth-order valence-electron chi connectivity index (χ4n) is 0.137. The summed E-state index contributed by atoms with van der Waals surface area (Å²) in [5, 5.41) is 0. The normalized spacial score (nSPS) is 10.7. The van der Waals surface area contributed by atoms with Gasteiger partial charge < -0.3 is 21.5 Å². The maximum atomic E-state index is 9.95. The Hall–Kier alpha value is 0.703. The smallest absolute Gasteiger partial charge is 0.520 e. The molecule has 0 atom stereocenters. The molecule has 0 N–H and O–H groups in total. The van der Waals surface area contributed by atoms with Crippen LogP contribution in [0.3, 0.4) is 0 Å². The van der Waals surface area contributed by atoms with Crippen LogP contribution in [0.1, 0.15) is 41.5 Å². The Bertz CT molecular complexity index is 161. The SMILES string of the molecule is CN([C-]=O)C(C)(C)C.[CH2-]SC(C)(C)C.[Zr+2]. The number of thioether (sulfide) groups is 1. The molecule has 0 aliphatic heterocycles. The minimum absolute atomic E-state index is 0. The van der Waals surface area contributed by atoms with E-state index >= 15 is 0 Å². The predicted molar refractivity (Wildman–Crippen MR) is 65.9 cm³/mol. The van der Waals surface area contributed by atoms with Crippen molar-refractivity contribution >= 4 is 18.2 Å². The molecule has 0 spiro atoms. The van der Waals surface area contributed by atoms with Crippen LogP contribution in [0.15, 0.2) is 0 Å². The molecule has 0 aliphatic rings. The summed E-state index contributed by atoms with van der Waals surface area (Å²) in [7, 11) is 1.72. The van der Waals surface area contributed by atoms with E-state index < -0.39 is 0 Å². The van der Waals surface area contributed by atoms with Gasteiger partial charge in [0.15, 0.2) is 0 Å². The van der Waals surface area contributed by atoms with Crippen LogP contribution in [0.25, 0.3) is 0 Å². The molecule has 0 radical (unpaired) electrons. The summed E-state index contributed by atoms with van der Waals surface area (Å²) in [5.41, 5.74) is -0.0816. The third kappa shape index (κ3) is 17.3. The van der Waals surface area contributed by atoms with E-state index in [2.05, 4.69) is 27.0 Å². The zero-order valence-corrected chi connectivity index (χ0v) is 14.2. The van der Waals surface area contributed by atoms with Crippen molar-refractivity contribution in [1.82, 2.24) is 4.90 Å². The molecule has 0 aliphatic carbocycles. The van der Waals surface area contributed by atoms with E-state index in [1.54, 1.807) is 25.2 Å². The Balaban J connectivity index is -0.000000187. The molecule has 0 unspecified atom stereocenters. The van der Waals surface area contributed by atoms with Crippen molar-refractivity contribution in [3.8, 4) is 0 Å². The van der Waals surface area contributed by atoms with Gasteiger partial charge in [0.25, 0.3) is 0 Å². The van der Waals surface area contributed by atoms with Crippen LogP contribution in [0, 0.1) is 6.26 Å². The fraction of sp³-hybridized carbons (Fsp3) is 0.818. The van der Waals surface area contributed by atoms with Gasteiger partial charge in [0, 0.05) is 5.54 Å². The van der Waals surface area contributed by atoms with Crippen molar-refractivity contribution in [2.45, 2.75) is 51.8 Å². The number of rotatable bonds is 1. The summed E-state index contributed by atoms with van der Waals surface area (Å²) in [6.45, 7) is 12.3. The molecule has 15 heavy (non-hydrogen) atoms. The van der Waals surface area contributed by atoms with Crippen molar-refractivity contribution in [2.75, 3.05) is 7.05 Å². The standard InChI is InChI=1S/C6H12NO.C5H11S.Zr/c1-6(2,3)7(4)5-8;1-5(2,3)6-4;/h1-4H3;4H2,1-3H3;/q2*-1;+2. The van der Waals surface area contributed by atoms with Crippen molar-refractivity contribution in [3.63, 3.8) is 0 Å². The molecule has 0 rings (SSSR count). The van der Waals surface area contributed by atoms with Gasteiger partial charge in [0.2, 0.25) is 0 Å². The molecule has 2 nitrogen and oxygen atoms in total. The largest absolute Gasteiger partial charge is 2.00 e. The molecular weight excluding hydrogens is 285 g/mol. The third-order valence-corrected chi connectivity index (χ3v) is 2.44. The van der Waals surface area contributed by atoms with E-state index in [9.17, 15) is 4.79 Å². The first-order chi connectivity index (χ1) is 6.04. The van der Waals surface area contributed by atoms with Crippen LogP contribution in [0.4, 0.5) is 0 Å². The van der Waals surface area contributed by atoms with Crippen LogP contribution in [0.2, 0.25) is 0 Å². The second-order valence-corrected chi connectivity index (χ2v) is 6.59. The van der Waals surface area contributed by atoms with Gasteiger partial charge in [-0.15, -0.1) is 0 Å². The fourth-order valence-corrected chi connectivity index (χ4v) is 0.137. The summed E-state index contributed by atoms with van der Waals surface area (Å²) in [6, 6.07) is 0. The molecule has 1 amide bonds. The number of amides is 1. The molecule has 0 bridgehead atoms. The van der Waals surface area contributed by atoms with E-state index in [1.807, 2.05) is 20.8 Å². The minimum atomic E-state index is -0.0816. The molecule has 0 saturated carbocycles. The molecule has 0 aromatic heterocycles. The second-order valence-electron chi connectivity index (χ2n) is 5.08. The average molecular weight is 309 g/mol. The Kier molecular flexibility index (Phi) is 12.4. The molecule has 0 saturated heterocycles. The van der Waals surface area contributed by atoms with E-state index in [1.165, 1.54) is 4.90 Å². The molecular formula is C11H23NOSZr. The molecule has 0 heterocycles. The first-order valence-electron chi connectivity index (χ1n) is 4.59. The van der Waals surface area contributed by atoms with Crippen LogP contribution < -0.4 is 0 Å². The Morgan fingerprint density at radius 3 is 1.40 bits per heavy atom. The van der Waals surface area contributed by atoms with Crippen LogP contribution >= 0.6 is 11.8 Å². The zero-order valence-electron chi connectivity index (χ0n) is 11.0. The average Bonchev–Trinajstić information content (AvgIpc) is 2.01. The Morgan fingerprint density at radius 2 is 1.40 bits per heavy atom. The third-order valence-electron chi connectivity index (χ3n) is 1.58. The minimum Gasteiger partial charge on any atom is -0.520 e. The molecule has 0 fully saturated rings. The first kappa shape index (κ1) is 21.0. The molecule has 0 aromatic rings. The van der Waals surface area contributed by atoms with Gasteiger partial charge in [-0.05, 0) is 32.6 Å². The topological polar surface area (TPSA) is 20.3 Å². The van der Waals surface area contributed by atoms with Crippen molar-refractivity contribution in [3.05, 3.63) is 6.26 Å². The van der Waals surface area contributed by atoms with Gasteiger partial charge in [-0.25, -0.2) is 0 Å². The van der Waals surface area contributed by atoms with E-state index in [4.69, 9.17) is 0 Å². The monoisotopic (exact) mass is 307 g/mol. The van der Waals surface area contributed by atoms with Gasteiger partial charge >= 0.3 is 26.2 Å². The molecule has 4 heteroatoms. The van der Waals surface area contributed by atoms with Gasteiger partial charge in [0.05, 0.1) is 0 Å². The number of hydrogen-bond donors (Lipinski definition) is 0. The van der Waals surface area contributed by atoms with Gasteiger partial charge in [-0.2, -0.15) is 6.41 Å². The summed E-state index contributed by atoms with van der Waals surface area (Å²) in [5.74, 6) is 0. The van der Waals surface area contributed by atoms with Gasteiger partial charge in [0.1, 0.15) is 0 Å². The summed E-state index contributed by atoms with van der Waals surface area (Å²) < 4.78 is 0.347. The van der Waals surface area contributed by atoms with E-state index in [-0.39, 0.29) is 31.7 Å². The number of carbonyl (C=O) groups excluding carboxylic acids is 1. The van der Waals surface area contributed by atoms with E-state index in [0.717, 1.165) is 0 Å². The predicted octanol–water partition coefficient (Wildman–Crippen LogP) is 3.09. The summed E-state index contributed by atoms with van der Waals surface area (Å²) in [6.07, 6.45) is 5.46. The van der Waals surface area contributed by atoms with Crippen LogP contribution in [-0.2, 0) is 31.0 Å². The number of hydrogen-bond acceptors (Lipinski definition) is 2. The van der Waals surface area contributed by atoms with E-state index in [0.29, 0.717) is 4.75 Å². The zero-order chi connectivity index (χ0) is 12.0. The van der Waals surface area contributed by atoms with Gasteiger partial charge in [-0.1, -0.05) is 20.8 Å². The Morgan fingerprint density at radius 1 is 1.13 bits per heavy atom. The maximum Gasteiger partial charge on any atom is 2.00 e. The molecule has 88 valence electrons. The quantitative estimate of drug-likeness (QED) is 0.548. The van der Waals surface area contributed by atoms with Crippen molar-refractivity contribution < 1.29 is 31.0 Å². The molecule has 0 aromatic carbocycles. The number of nitrogens with zero attached hydrogens (tertiary/aromatic N) is 1. The van der Waals surface area contributed by atoms with Crippen molar-refractivity contribution in [2.24, 2.45) is 0 Å². The second kappa shape index (κ2) is 8.81. The first-order valence-corrected chi connectivity index (χ1v) is 5.58. The van der Waals surface area contributed by atoms with Crippen molar-refractivity contribution in [1.29, 1.82) is 0 Å². The van der Waals surface area contributed by atoms with Gasteiger partial charge in [-0.3, -0.25) is 6.26 Å². The Labute approximate surface area is 119 Å². The summed E-state index contributed by atoms with van der Waals surface area (Å²) in [4.78, 5) is 11.5. The van der Waals surface area contributed by atoms with Crippen LogP contribution in [-0.4, -0.2) is 28.6 Å². The van der Waals surface area contributed by atoms with Crippen LogP contribution in [0.5, 0.6) is 0 Å². The maximum absolute atomic E-state index is 9.95.